The maximum Gasteiger partial charge on any atom is 0.154 e. The van der Waals surface area contributed by atoms with Crippen molar-refractivity contribution in [2.24, 2.45) is 0 Å². The van der Waals surface area contributed by atoms with E-state index in [1.807, 2.05) is 13.0 Å². The number of aliphatic hydroxyl groups is 1. The minimum Gasteiger partial charge on any atom is -0.489 e. The normalized spacial score (nSPS) is 23.8. The lowest BCUT2D eigenvalue weighted by Crippen LogP contribution is -2.18. The van der Waals surface area contributed by atoms with E-state index in [-0.39, 0.29) is 17.6 Å². The van der Waals surface area contributed by atoms with Crippen LogP contribution < -0.4 is 4.74 Å². The molecule has 1 aromatic carbocycles. The van der Waals surface area contributed by atoms with E-state index < -0.39 is 15.9 Å². The number of ether oxygens (including phenoxy) is 1. The molecule has 18 heavy (non-hydrogen) atoms. The minimum atomic E-state index is -2.92. The Bertz CT molecular complexity index is 534. The van der Waals surface area contributed by atoms with Gasteiger partial charge in [-0.25, -0.2) is 8.42 Å². The smallest absolute Gasteiger partial charge is 0.154 e. The van der Waals surface area contributed by atoms with Crippen LogP contribution in [-0.4, -0.2) is 31.1 Å². The number of rotatable bonds is 3. The summed E-state index contributed by atoms with van der Waals surface area (Å²) in [6, 6.07) is 5.46. The highest BCUT2D eigenvalue weighted by Gasteiger charge is 2.29. The molecule has 0 aromatic heterocycles. The quantitative estimate of drug-likeness (QED) is 0.906. The number of hydrogen-bond acceptors (Lipinski definition) is 4. The van der Waals surface area contributed by atoms with Crippen molar-refractivity contribution >= 4 is 9.84 Å². The SMILES string of the molecule is Cc1cc(C(C)O)ccc1OC1CCS(=O)(=O)C1. The van der Waals surface area contributed by atoms with Crippen LogP contribution in [0.4, 0.5) is 0 Å². The third-order valence-electron chi connectivity index (χ3n) is 3.17. The molecule has 1 saturated heterocycles. The van der Waals surface area contributed by atoms with Gasteiger partial charge in [-0.05, 0) is 43.5 Å². The van der Waals surface area contributed by atoms with Crippen LogP contribution in [0.2, 0.25) is 0 Å². The van der Waals surface area contributed by atoms with Gasteiger partial charge in [-0.1, -0.05) is 6.07 Å². The summed E-state index contributed by atoms with van der Waals surface area (Å²) in [5.41, 5.74) is 1.75. The van der Waals surface area contributed by atoms with Gasteiger partial charge in [0.2, 0.25) is 0 Å². The third kappa shape index (κ3) is 3.03. The maximum atomic E-state index is 11.3. The van der Waals surface area contributed by atoms with E-state index >= 15 is 0 Å². The number of benzene rings is 1. The summed E-state index contributed by atoms with van der Waals surface area (Å²) < 4.78 is 28.4. The van der Waals surface area contributed by atoms with Gasteiger partial charge < -0.3 is 9.84 Å². The maximum absolute atomic E-state index is 11.3. The molecule has 4 nitrogen and oxygen atoms in total. The molecule has 2 unspecified atom stereocenters. The Morgan fingerprint density at radius 2 is 2.17 bits per heavy atom. The monoisotopic (exact) mass is 270 g/mol. The van der Waals surface area contributed by atoms with Gasteiger partial charge in [0, 0.05) is 0 Å². The lowest BCUT2D eigenvalue weighted by molar-refractivity contribution is 0.198. The fourth-order valence-electron chi connectivity index (χ4n) is 2.10. The first kappa shape index (κ1) is 13.4. The molecule has 1 N–H and O–H groups in total. The molecule has 0 radical (unpaired) electrons. The lowest BCUT2D eigenvalue weighted by atomic mass is 10.1. The highest BCUT2D eigenvalue weighted by molar-refractivity contribution is 7.91. The van der Waals surface area contributed by atoms with Crippen LogP contribution >= 0.6 is 0 Å². The molecular formula is C13H18O4S. The molecule has 1 aliphatic rings. The highest BCUT2D eigenvalue weighted by Crippen LogP contribution is 2.26. The van der Waals surface area contributed by atoms with Crippen LogP contribution in [0, 0.1) is 6.92 Å². The number of hydrogen-bond donors (Lipinski definition) is 1. The zero-order valence-electron chi connectivity index (χ0n) is 10.6. The van der Waals surface area contributed by atoms with Crippen molar-refractivity contribution in [3.63, 3.8) is 0 Å². The second kappa shape index (κ2) is 4.90. The van der Waals surface area contributed by atoms with Crippen molar-refractivity contribution in [2.45, 2.75) is 32.5 Å². The summed E-state index contributed by atoms with van der Waals surface area (Å²) in [6.07, 6.45) is -0.198. The molecule has 1 fully saturated rings. The van der Waals surface area contributed by atoms with Gasteiger partial charge in [0.1, 0.15) is 11.9 Å². The number of aryl methyl sites for hydroxylation is 1. The molecule has 2 rings (SSSR count). The van der Waals surface area contributed by atoms with Crippen molar-refractivity contribution in [2.75, 3.05) is 11.5 Å². The van der Waals surface area contributed by atoms with E-state index in [1.165, 1.54) is 0 Å². The molecule has 0 bridgehead atoms. The lowest BCUT2D eigenvalue weighted by Gasteiger charge is -2.15. The molecular weight excluding hydrogens is 252 g/mol. The minimum absolute atomic E-state index is 0.102. The molecule has 0 spiro atoms. The van der Waals surface area contributed by atoms with Gasteiger partial charge in [-0.3, -0.25) is 0 Å². The van der Waals surface area contributed by atoms with E-state index in [0.29, 0.717) is 12.2 Å². The first-order valence-corrected chi connectivity index (χ1v) is 7.85. The first-order chi connectivity index (χ1) is 8.37. The van der Waals surface area contributed by atoms with Gasteiger partial charge in [-0.15, -0.1) is 0 Å². The Kier molecular flexibility index (Phi) is 3.64. The molecule has 0 aliphatic carbocycles. The molecule has 0 saturated carbocycles. The van der Waals surface area contributed by atoms with Crippen molar-refractivity contribution in [3.8, 4) is 5.75 Å². The number of aliphatic hydroxyl groups excluding tert-OH is 1. The average molecular weight is 270 g/mol. The predicted molar refractivity (Wildman–Crippen MR) is 69.5 cm³/mol. The third-order valence-corrected chi connectivity index (χ3v) is 4.90. The molecule has 1 heterocycles. The van der Waals surface area contributed by atoms with E-state index in [9.17, 15) is 13.5 Å². The van der Waals surface area contributed by atoms with E-state index in [1.54, 1.807) is 19.1 Å². The Balaban J connectivity index is 2.11. The standard InChI is InChI=1S/C13H18O4S/c1-9-7-11(10(2)14)3-4-13(9)17-12-5-6-18(15,16)8-12/h3-4,7,10,12,14H,5-6,8H2,1-2H3. The van der Waals surface area contributed by atoms with Crippen LogP contribution in [0.1, 0.15) is 30.6 Å². The van der Waals surface area contributed by atoms with Crippen LogP contribution in [0.5, 0.6) is 5.75 Å². The van der Waals surface area contributed by atoms with Crippen molar-refractivity contribution in [1.29, 1.82) is 0 Å². The summed E-state index contributed by atoms with van der Waals surface area (Å²) in [6.45, 7) is 3.60. The van der Waals surface area contributed by atoms with Crippen molar-refractivity contribution < 1.29 is 18.3 Å². The summed E-state index contributed by atoms with van der Waals surface area (Å²) in [4.78, 5) is 0. The summed E-state index contributed by atoms with van der Waals surface area (Å²) in [7, 11) is -2.92. The van der Waals surface area contributed by atoms with Gasteiger partial charge >= 0.3 is 0 Å². The van der Waals surface area contributed by atoms with Gasteiger partial charge in [0.25, 0.3) is 0 Å². The predicted octanol–water partition coefficient (Wildman–Crippen LogP) is 1.61. The van der Waals surface area contributed by atoms with E-state index in [2.05, 4.69) is 0 Å². The summed E-state index contributed by atoms with van der Waals surface area (Å²) in [5.74, 6) is 1.01. The van der Waals surface area contributed by atoms with E-state index in [4.69, 9.17) is 4.74 Å². The average Bonchev–Trinajstić information content (AvgIpc) is 2.61. The topological polar surface area (TPSA) is 63.6 Å². The summed E-state index contributed by atoms with van der Waals surface area (Å²) in [5, 5.41) is 9.47. The molecule has 100 valence electrons. The van der Waals surface area contributed by atoms with Crippen molar-refractivity contribution in [3.05, 3.63) is 29.3 Å². The van der Waals surface area contributed by atoms with E-state index in [0.717, 1.165) is 11.1 Å². The number of sulfone groups is 1. The molecule has 0 amide bonds. The fourth-order valence-corrected chi connectivity index (χ4v) is 3.69. The van der Waals surface area contributed by atoms with Crippen LogP contribution in [0.15, 0.2) is 18.2 Å². The largest absolute Gasteiger partial charge is 0.489 e. The van der Waals surface area contributed by atoms with Crippen LogP contribution in [0.25, 0.3) is 0 Å². The Morgan fingerprint density at radius 1 is 1.44 bits per heavy atom. The van der Waals surface area contributed by atoms with Gasteiger partial charge in [0.05, 0.1) is 17.6 Å². The molecule has 2 atom stereocenters. The molecule has 5 heteroatoms. The first-order valence-electron chi connectivity index (χ1n) is 6.03. The zero-order chi connectivity index (χ0) is 13.3. The fraction of sp³-hybridized carbons (Fsp3) is 0.538. The second-order valence-electron chi connectivity index (χ2n) is 4.84. The van der Waals surface area contributed by atoms with Gasteiger partial charge in [-0.2, -0.15) is 0 Å². The Labute approximate surface area is 108 Å². The second-order valence-corrected chi connectivity index (χ2v) is 7.07. The Hall–Kier alpha value is -1.07. The molecule has 1 aromatic rings. The van der Waals surface area contributed by atoms with Crippen LogP contribution in [-0.2, 0) is 9.84 Å². The molecule has 1 aliphatic heterocycles. The highest BCUT2D eigenvalue weighted by atomic mass is 32.2. The van der Waals surface area contributed by atoms with Gasteiger partial charge in [0.15, 0.2) is 9.84 Å². The van der Waals surface area contributed by atoms with Crippen molar-refractivity contribution in [1.82, 2.24) is 0 Å². The zero-order valence-corrected chi connectivity index (χ0v) is 11.4. The summed E-state index contributed by atoms with van der Waals surface area (Å²) >= 11 is 0. The Morgan fingerprint density at radius 3 is 2.67 bits per heavy atom. The van der Waals surface area contributed by atoms with Crippen LogP contribution in [0.3, 0.4) is 0 Å².